The summed E-state index contributed by atoms with van der Waals surface area (Å²) in [6.45, 7) is 6.37. The van der Waals surface area contributed by atoms with Crippen LogP contribution in [0.1, 0.15) is 34.2 Å². The van der Waals surface area contributed by atoms with Crippen LogP contribution in [-0.2, 0) is 0 Å². The molecule has 0 fully saturated rings. The Bertz CT molecular complexity index is 926. The van der Waals surface area contributed by atoms with E-state index in [-0.39, 0.29) is 5.91 Å². The third kappa shape index (κ3) is 3.68. The van der Waals surface area contributed by atoms with Crippen molar-refractivity contribution in [1.29, 1.82) is 0 Å². The van der Waals surface area contributed by atoms with E-state index in [1.54, 1.807) is 10.6 Å². The average molecular weight is 336 g/mol. The fraction of sp³-hybridized carbons (Fsp3) is 0.211. The minimum atomic E-state index is -0.295. The molecule has 0 saturated carbocycles. The molecule has 6 nitrogen and oxygen atoms in total. The van der Waals surface area contributed by atoms with Crippen LogP contribution in [0.2, 0.25) is 0 Å². The molecule has 2 aromatic heterocycles. The highest BCUT2D eigenvalue weighted by molar-refractivity contribution is 5.95. The van der Waals surface area contributed by atoms with E-state index in [0.717, 1.165) is 22.5 Å². The van der Waals surface area contributed by atoms with Crippen molar-refractivity contribution < 1.29 is 9.53 Å². The molecule has 0 bridgehead atoms. The van der Waals surface area contributed by atoms with Crippen molar-refractivity contribution in [3.05, 3.63) is 65.1 Å². The summed E-state index contributed by atoms with van der Waals surface area (Å²) in [4.78, 5) is 16.9. The van der Waals surface area contributed by atoms with Gasteiger partial charge < -0.3 is 4.74 Å². The predicted molar refractivity (Wildman–Crippen MR) is 97.3 cm³/mol. The van der Waals surface area contributed by atoms with Crippen LogP contribution in [0.15, 0.2) is 47.7 Å². The second-order valence-electron chi connectivity index (χ2n) is 5.68. The number of amides is 1. The van der Waals surface area contributed by atoms with E-state index in [1.165, 1.54) is 0 Å². The summed E-state index contributed by atoms with van der Waals surface area (Å²) in [6.07, 6.45) is 3.44. The first-order valence-corrected chi connectivity index (χ1v) is 8.10. The van der Waals surface area contributed by atoms with Gasteiger partial charge in [-0.05, 0) is 68.3 Å². The van der Waals surface area contributed by atoms with Crippen LogP contribution in [0.3, 0.4) is 0 Å². The zero-order valence-electron chi connectivity index (χ0n) is 14.5. The number of benzene rings is 1. The maximum atomic E-state index is 12.4. The van der Waals surface area contributed by atoms with Crippen molar-refractivity contribution in [2.24, 2.45) is 5.10 Å². The van der Waals surface area contributed by atoms with Gasteiger partial charge in [0.1, 0.15) is 17.1 Å². The van der Waals surface area contributed by atoms with E-state index in [4.69, 9.17) is 4.74 Å². The second-order valence-corrected chi connectivity index (χ2v) is 5.68. The summed E-state index contributed by atoms with van der Waals surface area (Å²) in [5.74, 6) is 0.511. The monoisotopic (exact) mass is 336 g/mol. The summed E-state index contributed by atoms with van der Waals surface area (Å²) in [7, 11) is 0. The van der Waals surface area contributed by atoms with Crippen molar-refractivity contribution in [3.8, 4) is 5.75 Å². The zero-order valence-corrected chi connectivity index (χ0v) is 14.5. The van der Waals surface area contributed by atoms with Crippen molar-refractivity contribution in [2.75, 3.05) is 6.61 Å². The quantitative estimate of drug-likeness (QED) is 0.575. The number of hydrogen-bond acceptors (Lipinski definition) is 4. The number of ether oxygens (including phenoxy) is 1. The Balaban J connectivity index is 1.73. The highest BCUT2D eigenvalue weighted by atomic mass is 16.5. The minimum Gasteiger partial charge on any atom is -0.494 e. The largest absolute Gasteiger partial charge is 0.494 e. The molecule has 1 amide bonds. The number of carbonyl (C=O) groups is 1. The number of imidazole rings is 1. The van der Waals surface area contributed by atoms with Gasteiger partial charge in [-0.15, -0.1) is 0 Å². The van der Waals surface area contributed by atoms with E-state index in [2.05, 4.69) is 15.5 Å². The summed E-state index contributed by atoms with van der Waals surface area (Å²) in [6, 6.07) is 11.4. The second kappa shape index (κ2) is 7.17. The van der Waals surface area contributed by atoms with Crippen molar-refractivity contribution >= 4 is 17.8 Å². The van der Waals surface area contributed by atoms with Gasteiger partial charge in [0, 0.05) is 6.20 Å². The van der Waals surface area contributed by atoms with Crippen LogP contribution < -0.4 is 10.2 Å². The predicted octanol–water partition coefficient (Wildman–Crippen LogP) is 3.11. The number of rotatable bonds is 5. The molecular formula is C19H20N4O2. The van der Waals surface area contributed by atoms with E-state index in [9.17, 15) is 4.79 Å². The molecule has 6 heteroatoms. The summed E-state index contributed by atoms with van der Waals surface area (Å²) < 4.78 is 7.16. The summed E-state index contributed by atoms with van der Waals surface area (Å²) >= 11 is 0. The van der Waals surface area contributed by atoms with Gasteiger partial charge in [-0.3, -0.25) is 9.20 Å². The first-order chi connectivity index (χ1) is 12.1. The average Bonchev–Trinajstić information content (AvgIpc) is 2.91. The SMILES string of the molecule is CCOc1ccc(/C=N/NC(=O)c2c(C)nc3cc(C)ccn23)cc1. The van der Waals surface area contributed by atoms with E-state index in [0.29, 0.717) is 18.0 Å². The van der Waals surface area contributed by atoms with Crippen LogP contribution >= 0.6 is 0 Å². The number of hydrazone groups is 1. The van der Waals surface area contributed by atoms with E-state index in [1.807, 2.05) is 63.4 Å². The lowest BCUT2D eigenvalue weighted by molar-refractivity contribution is 0.0948. The van der Waals surface area contributed by atoms with Gasteiger partial charge in [0.25, 0.3) is 5.91 Å². The third-order valence-corrected chi connectivity index (χ3v) is 3.74. The molecule has 1 N–H and O–H groups in total. The number of nitrogens with one attached hydrogen (secondary N) is 1. The normalized spacial score (nSPS) is 11.2. The highest BCUT2D eigenvalue weighted by Gasteiger charge is 2.15. The fourth-order valence-corrected chi connectivity index (χ4v) is 2.57. The number of aryl methyl sites for hydroxylation is 2. The molecule has 0 aliphatic heterocycles. The number of nitrogens with zero attached hydrogens (tertiary/aromatic N) is 3. The minimum absolute atomic E-state index is 0.295. The fourth-order valence-electron chi connectivity index (χ4n) is 2.57. The number of aromatic nitrogens is 2. The molecule has 0 aliphatic rings. The lowest BCUT2D eigenvalue weighted by Gasteiger charge is -2.03. The van der Waals surface area contributed by atoms with Gasteiger partial charge in [-0.25, -0.2) is 10.4 Å². The van der Waals surface area contributed by atoms with Gasteiger partial charge in [-0.1, -0.05) is 0 Å². The topological polar surface area (TPSA) is 68.0 Å². The molecule has 128 valence electrons. The number of hydrogen-bond donors (Lipinski definition) is 1. The number of carbonyl (C=O) groups excluding carboxylic acids is 1. The molecule has 0 atom stereocenters. The summed E-state index contributed by atoms with van der Waals surface area (Å²) in [5, 5.41) is 4.03. The highest BCUT2D eigenvalue weighted by Crippen LogP contribution is 2.14. The Morgan fingerprint density at radius 3 is 2.76 bits per heavy atom. The number of pyridine rings is 1. The Morgan fingerprint density at radius 2 is 2.04 bits per heavy atom. The maximum Gasteiger partial charge on any atom is 0.290 e. The molecule has 3 aromatic rings. The zero-order chi connectivity index (χ0) is 17.8. The van der Waals surface area contributed by atoms with Crippen LogP contribution in [0.5, 0.6) is 5.75 Å². The Hall–Kier alpha value is -3.15. The standard InChI is InChI=1S/C19H20N4O2/c1-4-25-16-7-5-15(6-8-16)12-20-22-19(24)18-14(3)21-17-11-13(2)9-10-23(17)18/h5-12H,4H2,1-3H3,(H,22,24)/b20-12+. The summed E-state index contributed by atoms with van der Waals surface area (Å²) in [5.41, 5.74) is 6.42. The van der Waals surface area contributed by atoms with Gasteiger partial charge in [-0.2, -0.15) is 5.10 Å². The molecular weight excluding hydrogens is 316 g/mol. The number of fused-ring (bicyclic) bond motifs is 1. The van der Waals surface area contributed by atoms with Crippen molar-refractivity contribution in [2.45, 2.75) is 20.8 Å². The van der Waals surface area contributed by atoms with Crippen LogP contribution in [-0.4, -0.2) is 28.1 Å². The molecule has 0 aliphatic carbocycles. The van der Waals surface area contributed by atoms with Crippen LogP contribution in [0.25, 0.3) is 5.65 Å². The van der Waals surface area contributed by atoms with Crippen molar-refractivity contribution in [1.82, 2.24) is 14.8 Å². The molecule has 2 heterocycles. The lowest BCUT2D eigenvalue weighted by atomic mass is 10.2. The Kier molecular flexibility index (Phi) is 4.79. The van der Waals surface area contributed by atoms with Gasteiger partial charge in [0.2, 0.25) is 0 Å². The molecule has 1 aromatic carbocycles. The van der Waals surface area contributed by atoms with Crippen LogP contribution in [0, 0.1) is 13.8 Å². The molecule has 0 saturated heterocycles. The maximum absolute atomic E-state index is 12.4. The lowest BCUT2D eigenvalue weighted by Crippen LogP contribution is -2.20. The smallest absolute Gasteiger partial charge is 0.290 e. The molecule has 0 radical (unpaired) electrons. The molecule has 0 unspecified atom stereocenters. The molecule has 3 rings (SSSR count). The first kappa shape index (κ1) is 16.7. The Morgan fingerprint density at radius 1 is 1.28 bits per heavy atom. The van der Waals surface area contributed by atoms with Gasteiger partial charge in [0.15, 0.2) is 0 Å². The van der Waals surface area contributed by atoms with Gasteiger partial charge >= 0.3 is 0 Å². The van der Waals surface area contributed by atoms with E-state index < -0.39 is 0 Å². The van der Waals surface area contributed by atoms with E-state index >= 15 is 0 Å². The molecule has 25 heavy (non-hydrogen) atoms. The van der Waals surface area contributed by atoms with Crippen molar-refractivity contribution in [3.63, 3.8) is 0 Å². The van der Waals surface area contributed by atoms with Gasteiger partial charge in [0.05, 0.1) is 18.5 Å². The first-order valence-electron chi connectivity index (χ1n) is 8.10. The van der Waals surface area contributed by atoms with Crippen LogP contribution in [0.4, 0.5) is 0 Å². The molecule has 0 spiro atoms. The Labute approximate surface area is 146 Å². The third-order valence-electron chi connectivity index (χ3n) is 3.74.